The molecule has 0 saturated heterocycles. The van der Waals surface area contributed by atoms with Crippen LogP contribution in [0.5, 0.6) is 0 Å². The maximum atomic E-state index is 13.5. The topological polar surface area (TPSA) is 271 Å². The molecule has 0 aromatic carbocycles. The lowest BCUT2D eigenvalue weighted by Crippen LogP contribution is -2.40. The summed E-state index contributed by atoms with van der Waals surface area (Å²) in [5, 5.41) is 14.4. The van der Waals surface area contributed by atoms with E-state index in [1.54, 1.807) is 25.3 Å². The van der Waals surface area contributed by atoms with E-state index in [-0.39, 0.29) is 75.0 Å². The van der Waals surface area contributed by atoms with E-state index >= 15 is 0 Å². The molecule has 0 aromatic heterocycles. The number of Topliss-reactive ketones (excluding diaryl/α,β-unsaturated/α-hetero) is 2. The highest BCUT2D eigenvalue weighted by Gasteiger charge is 2.31. The Bertz CT molecular complexity index is 4550. The Balaban J connectivity index is 0.000000802. The average molecular weight is 1980 g/mol. The number of ether oxygens (including phenoxy) is 8. The van der Waals surface area contributed by atoms with Gasteiger partial charge in [-0.25, -0.2) is 0 Å². The number of hydrogen-bond acceptors (Lipinski definition) is 16. The molecule has 0 spiro atoms. The SMILES string of the molecule is CC1=C(/C=C/C(C)=C/C=C/C(C)=C/C(=O)C[C@H](C)CCCCNC(=O)/C=C(C)/C=C/C=C(C)/C=C/C2=C(C)CCCC2(C)C)C(C)(C)CCC1.CCOCCC(=O)NCCOCCOCCCC(=O)[C@H](CCCCNC(=O)/C=C(C)/C=C/C=C(C)/C=C/C1=C(C)CCCC1(C)C)NC(=O)/C=C(C)/C=C/C=C(C)/C=C/C1=C(C)CCCC1(C)C.COCCOCCOCCC(=O)CCCOCCOCCNC(C)=O. The lowest BCUT2D eigenvalue weighted by molar-refractivity contribution is -0.126. The Morgan fingerprint density at radius 1 is 0.343 bits per heavy atom. The van der Waals surface area contributed by atoms with E-state index in [1.807, 2.05) is 89.3 Å². The van der Waals surface area contributed by atoms with Crippen molar-refractivity contribution in [2.45, 2.75) is 326 Å². The summed E-state index contributed by atoms with van der Waals surface area (Å²) in [6, 6.07) is -0.666. The molecule has 4 rings (SSSR count). The molecule has 2 atom stereocenters. The number of carbonyl (C=O) groups is 8. The summed E-state index contributed by atoms with van der Waals surface area (Å²) in [5.74, 6) is -0.0886. The Morgan fingerprint density at radius 3 is 1.07 bits per heavy atom. The van der Waals surface area contributed by atoms with Gasteiger partial charge < -0.3 is 64.5 Å². The van der Waals surface area contributed by atoms with Crippen molar-refractivity contribution >= 4 is 46.9 Å². The predicted molar refractivity (Wildman–Crippen MR) is 592 cm³/mol. The molecular formula is C122H191N5O16. The molecule has 21 heteroatoms. The zero-order valence-corrected chi connectivity index (χ0v) is 93.2. The van der Waals surface area contributed by atoms with Crippen molar-refractivity contribution in [1.82, 2.24) is 26.6 Å². The number of nitrogens with one attached hydrogen (secondary N) is 5. The molecular weight excluding hydrogens is 1790 g/mol. The van der Waals surface area contributed by atoms with Gasteiger partial charge in [0.2, 0.25) is 29.5 Å². The van der Waals surface area contributed by atoms with Crippen LogP contribution in [0.1, 0.15) is 320 Å². The van der Waals surface area contributed by atoms with Gasteiger partial charge in [0.15, 0.2) is 11.6 Å². The molecule has 5 N–H and O–H groups in total. The Kier molecular flexibility index (Phi) is 69.4. The molecule has 0 aromatic rings. The molecule has 21 nitrogen and oxygen atoms in total. The van der Waals surface area contributed by atoms with Gasteiger partial charge in [-0.3, -0.25) is 38.4 Å². The van der Waals surface area contributed by atoms with Gasteiger partial charge in [0, 0.05) is 110 Å². The van der Waals surface area contributed by atoms with E-state index in [1.165, 1.54) is 139 Å². The van der Waals surface area contributed by atoms with Crippen molar-refractivity contribution in [3.63, 3.8) is 0 Å². The molecule has 0 fully saturated rings. The van der Waals surface area contributed by atoms with Gasteiger partial charge in [-0.1, -0.05) is 241 Å². The first-order chi connectivity index (χ1) is 68.0. The van der Waals surface area contributed by atoms with Gasteiger partial charge >= 0.3 is 0 Å². The highest BCUT2D eigenvalue weighted by molar-refractivity contribution is 5.94. The van der Waals surface area contributed by atoms with Crippen molar-refractivity contribution in [2.24, 2.45) is 27.6 Å². The van der Waals surface area contributed by atoms with Crippen LogP contribution in [0.15, 0.2) is 235 Å². The molecule has 800 valence electrons. The smallest absolute Gasteiger partial charge is 0.244 e. The Hall–Kier alpha value is -9.16. The molecule has 0 unspecified atom stereocenters. The first kappa shape index (κ1) is 130. The fourth-order valence-corrected chi connectivity index (χ4v) is 17.5. The van der Waals surface area contributed by atoms with Crippen LogP contribution in [0.4, 0.5) is 0 Å². The molecule has 0 bridgehead atoms. The van der Waals surface area contributed by atoms with Crippen LogP contribution in [0.2, 0.25) is 0 Å². The second-order valence-electron chi connectivity index (χ2n) is 41.5. The van der Waals surface area contributed by atoms with Crippen LogP contribution in [-0.2, 0) is 76.3 Å². The molecule has 4 aliphatic carbocycles. The molecule has 0 radical (unpaired) electrons. The van der Waals surface area contributed by atoms with Crippen molar-refractivity contribution in [1.29, 1.82) is 0 Å². The molecule has 0 saturated carbocycles. The van der Waals surface area contributed by atoms with Crippen LogP contribution in [-0.4, -0.2) is 185 Å². The molecule has 143 heavy (non-hydrogen) atoms. The minimum Gasteiger partial charge on any atom is -0.382 e. The highest BCUT2D eigenvalue weighted by Crippen LogP contribution is 2.44. The summed E-state index contributed by atoms with van der Waals surface area (Å²) < 4.78 is 42.5. The molecule has 0 aliphatic heterocycles. The van der Waals surface area contributed by atoms with Crippen molar-refractivity contribution in [3.8, 4) is 0 Å². The maximum Gasteiger partial charge on any atom is 0.244 e. The van der Waals surface area contributed by atoms with Gasteiger partial charge in [0.05, 0.1) is 85.3 Å². The lowest BCUT2D eigenvalue weighted by atomic mass is 9.72. The standard InChI is InChI=1S/C58H89N3O7.C47H69NO2.C17H33NO7/c1-12-66-38-32-54(63)60-36-39-68-41-40-67-37-19-27-53(62)52(61-56(65)43-47(5)23-16-21-45(3)29-31-51-49(7)25-18-34-58(51,10)11)26-13-14-35-59-55(64)42-46(4)22-15-20-44(2)28-30-50-48(6)24-17-33-57(50,8)9;1-35(25-27-43-40(6)23-16-29-46(43,8)9)19-14-21-38(4)33-42(49)32-37(3)18-12-13-31-48-45(50)34-39(5)22-15-20-36(2)26-28-44-41(7)24-17-30-47(44,10)11;1-16(19)18-6-9-24-14-12-22-7-3-4-17(20)5-8-23-13-15-25-11-10-21-2/h15-16,20-23,28-31,42-43,52H,12-14,17-19,24-27,32-41H2,1-11H3,(H,59,64)(H,60,63)(H,61,65);14-15,19-22,25-28,33-34,37H,12-13,16-18,23-24,29-32H2,1-11H3,(H,48,50);3-15H2,1-2H3,(H,18,19)/b22-15+,23-16+,30-28+,31-29+,44-20+,45-21+,46-42+,47-43+;21-14+,22-15+,27-25+,28-26+,35-19+,36-20+,38-33+,39-34+;/t52-;37-;/m01./s1. The van der Waals surface area contributed by atoms with Crippen LogP contribution in [0.3, 0.4) is 0 Å². The second-order valence-corrected chi connectivity index (χ2v) is 41.5. The summed E-state index contributed by atoms with van der Waals surface area (Å²) >= 11 is 0. The lowest BCUT2D eigenvalue weighted by Gasteiger charge is -2.33. The van der Waals surface area contributed by atoms with E-state index in [0.29, 0.717) is 189 Å². The van der Waals surface area contributed by atoms with Gasteiger partial charge in [0.25, 0.3) is 0 Å². The van der Waals surface area contributed by atoms with Crippen molar-refractivity contribution in [2.75, 3.05) is 132 Å². The Morgan fingerprint density at radius 2 is 0.685 bits per heavy atom. The number of carbonyl (C=O) groups excluding carboxylic acids is 8. The third-order valence-electron chi connectivity index (χ3n) is 25.9. The summed E-state index contributed by atoms with van der Waals surface area (Å²) in [7, 11) is 1.63. The maximum absolute atomic E-state index is 13.5. The predicted octanol–water partition coefficient (Wildman–Crippen LogP) is 25.3. The summed E-state index contributed by atoms with van der Waals surface area (Å²) in [5.41, 5.74) is 20.8. The zero-order valence-electron chi connectivity index (χ0n) is 93.2. The van der Waals surface area contributed by atoms with E-state index in [9.17, 15) is 38.4 Å². The summed E-state index contributed by atoms with van der Waals surface area (Å²) in [6.45, 7) is 58.3. The second kappa shape index (κ2) is 76.4. The number of unbranched alkanes of at least 4 members (excludes halogenated alkanes) is 2. The third kappa shape index (κ3) is 64.5. The van der Waals surface area contributed by atoms with E-state index in [2.05, 4.69) is 211 Å². The highest BCUT2D eigenvalue weighted by atomic mass is 16.5. The summed E-state index contributed by atoms with van der Waals surface area (Å²) in [6.07, 6.45) is 70.9. The number of rotatable bonds is 67. The molecule has 5 amide bonds. The van der Waals surface area contributed by atoms with Gasteiger partial charge in [-0.2, -0.15) is 0 Å². The van der Waals surface area contributed by atoms with Crippen LogP contribution < -0.4 is 26.6 Å². The normalized spacial score (nSPS) is 17.4. The number of allylic oxidation sites excluding steroid dienone is 37. The van der Waals surface area contributed by atoms with Crippen LogP contribution in [0, 0.1) is 27.6 Å². The van der Waals surface area contributed by atoms with Crippen LogP contribution in [0.25, 0.3) is 0 Å². The Labute approximate surface area is 865 Å². The van der Waals surface area contributed by atoms with E-state index in [4.69, 9.17) is 37.9 Å². The van der Waals surface area contributed by atoms with Crippen molar-refractivity contribution in [3.05, 3.63) is 235 Å². The van der Waals surface area contributed by atoms with Crippen LogP contribution >= 0.6 is 0 Å². The molecule has 4 aliphatic rings. The average Bonchev–Trinajstić information content (AvgIpc) is 0.833. The number of ketones is 3. The minimum absolute atomic E-state index is 0.0594. The fourth-order valence-electron chi connectivity index (χ4n) is 17.5. The number of methoxy groups -OCH3 is 1. The first-order valence-electron chi connectivity index (χ1n) is 53.1. The monoisotopic (exact) mass is 1980 g/mol. The van der Waals surface area contributed by atoms with Crippen molar-refractivity contribution < 1.29 is 76.3 Å². The zero-order chi connectivity index (χ0) is 106. The largest absolute Gasteiger partial charge is 0.382 e. The van der Waals surface area contributed by atoms with Gasteiger partial charge in [-0.05, 0) is 284 Å². The first-order valence-corrected chi connectivity index (χ1v) is 53.1. The van der Waals surface area contributed by atoms with E-state index in [0.717, 1.165) is 59.1 Å². The quantitative estimate of drug-likeness (QED) is 0.0215. The van der Waals surface area contributed by atoms with E-state index < -0.39 is 6.04 Å². The minimum atomic E-state index is -0.666. The van der Waals surface area contributed by atoms with Gasteiger partial charge in [0.1, 0.15) is 5.78 Å². The summed E-state index contributed by atoms with van der Waals surface area (Å²) in [4.78, 5) is 98.5. The third-order valence-corrected chi connectivity index (χ3v) is 25.9. The fraction of sp³-hybridized carbons (Fsp3) is 0.607. The van der Waals surface area contributed by atoms with Gasteiger partial charge in [-0.15, -0.1) is 0 Å². The molecule has 0 heterocycles. The number of amides is 5. The number of hydrogen-bond donors (Lipinski definition) is 5.